The van der Waals surface area contributed by atoms with Crippen molar-refractivity contribution >= 4 is 17.4 Å². The molecule has 2 rings (SSSR count). The van der Waals surface area contributed by atoms with Crippen molar-refractivity contribution in [2.75, 3.05) is 12.4 Å². The molecular weight excluding hydrogens is 256 g/mol. The van der Waals surface area contributed by atoms with E-state index in [2.05, 4.69) is 20.3 Å². The summed E-state index contributed by atoms with van der Waals surface area (Å²) >= 11 is 5.96. The molecule has 0 aliphatic heterocycles. The lowest BCUT2D eigenvalue weighted by Crippen LogP contribution is -2.04. The highest BCUT2D eigenvalue weighted by atomic mass is 35.5. The molecule has 96 valence electrons. The summed E-state index contributed by atoms with van der Waals surface area (Å²) in [6.07, 6.45) is 1.47. The second-order valence-electron chi connectivity index (χ2n) is 3.66. The lowest BCUT2D eigenvalue weighted by atomic mass is 10.4. The summed E-state index contributed by atoms with van der Waals surface area (Å²) in [5.41, 5.74) is 0.873. The molecule has 1 N–H and O–H groups in total. The first-order valence-electron chi connectivity index (χ1n) is 5.33. The Hall–Kier alpha value is -1.82. The molecule has 2 aromatic heterocycles. The molecule has 2 aromatic rings. The van der Waals surface area contributed by atoms with Gasteiger partial charge in [0.05, 0.1) is 25.5 Å². The van der Waals surface area contributed by atoms with Crippen LogP contribution in [0.15, 0.2) is 10.6 Å². The fourth-order valence-corrected chi connectivity index (χ4v) is 1.51. The number of methoxy groups -OCH3 is 1. The van der Waals surface area contributed by atoms with Gasteiger partial charge in [-0.05, 0) is 13.8 Å². The Labute approximate surface area is 109 Å². The number of rotatable bonds is 4. The average molecular weight is 269 g/mol. The van der Waals surface area contributed by atoms with Crippen molar-refractivity contribution in [3.8, 4) is 6.01 Å². The van der Waals surface area contributed by atoms with E-state index in [1.54, 1.807) is 0 Å². The molecular formula is C11H13ClN4O2. The Morgan fingerprint density at radius 1 is 1.39 bits per heavy atom. The average Bonchev–Trinajstić information content (AvgIpc) is 2.68. The Kier molecular flexibility index (Phi) is 3.66. The second kappa shape index (κ2) is 5.22. The molecule has 2 heterocycles. The van der Waals surface area contributed by atoms with Gasteiger partial charge in [0.1, 0.15) is 10.8 Å². The van der Waals surface area contributed by atoms with E-state index < -0.39 is 0 Å². The molecule has 6 nitrogen and oxygen atoms in total. The largest absolute Gasteiger partial charge is 0.467 e. The van der Waals surface area contributed by atoms with Crippen LogP contribution in [0.1, 0.15) is 17.3 Å². The van der Waals surface area contributed by atoms with Crippen LogP contribution < -0.4 is 10.1 Å². The number of oxazole rings is 1. The van der Waals surface area contributed by atoms with E-state index in [0.29, 0.717) is 23.3 Å². The van der Waals surface area contributed by atoms with Crippen LogP contribution in [0.25, 0.3) is 0 Å². The van der Waals surface area contributed by atoms with E-state index in [9.17, 15) is 0 Å². The monoisotopic (exact) mass is 268 g/mol. The lowest BCUT2D eigenvalue weighted by Gasteiger charge is -2.06. The van der Waals surface area contributed by atoms with Crippen LogP contribution in [0.5, 0.6) is 6.01 Å². The summed E-state index contributed by atoms with van der Waals surface area (Å²) in [6.45, 7) is 4.16. The first-order valence-corrected chi connectivity index (χ1v) is 5.71. The second-order valence-corrected chi connectivity index (χ2v) is 4.06. The number of aromatic nitrogens is 3. The highest BCUT2D eigenvalue weighted by Gasteiger charge is 2.08. The lowest BCUT2D eigenvalue weighted by molar-refractivity contribution is 0.380. The molecule has 0 aliphatic rings. The van der Waals surface area contributed by atoms with Crippen molar-refractivity contribution in [2.24, 2.45) is 0 Å². The van der Waals surface area contributed by atoms with Crippen LogP contribution in [0.4, 0.5) is 5.82 Å². The van der Waals surface area contributed by atoms with Crippen molar-refractivity contribution in [1.82, 2.24) is 15.0 Å². The summed E-state index contributed by atoms with van der Waals surface area (Å²) in [5.74, 6) is 1.87. The minimum absolute atomic E-state index is 0.252. The number of anilines is 1. The van der Waals surface area contributed by atoms with E-state index in [1.807, 2.05) is 13.8 Å². The van der Waals surface area contributed by atoms with Gasteiger partial charge in [0.2, 0.25) is 5.89 Å². The fraction of sp³-hybridized carbons (Fsp3) is 0.364. The first kappa shape index (κ1) is 12.6. The number of ether oxygens (including phenoxy) is 1. The quantitative estimate of drug-likeness (QED) is 0.918. The zero-order valence-electron chi connectivity index (χ0n) is 10.3. The van der Waals surface area contributed by atoms with E-state index in [0.717, 1.165) is 11.5 Å². The number of nitrogens with zero attached hydrogens (tertiary/aromatic N) is 3. The van der Waals surface area contributed by atoms with Crippen LogP contribution >= 0.6 is 11.6 Å². The van der Waals surface area contributed by atoms with Gasteiger partial charge < -0.3 is 14.5 Å². The van der Waals surface area contributed by atoms with Crippen molar-refractivity contribution in [3.63, 3.8) is 0 Å². The molecule has 7 heteroatoms. The molecule has 0 fully saturated rings. The third-order valence-electron chi connectivity index (χ3n) is 2.38. The van der Waals surface area contributed by atoms with Crippen LogP contribution in [-0.4, -0.2) is 22.1 Å². The topological polar surface area (TPSA) is 73.1 Å². The van der Waals surface area contributed by atoms with Gasteiger partial charge in [0.25, 0.3) is 0 Å². The normalized spacial score (nSPS) is 10.4. The highest BCUT2D eigenvalue weighted by molar-refractivity contribution is 6.32. The number of aryl methyl sites for hydroxylation is 2. The Balaban J connectivity index is 2.10. The minimum atomic E-state index is 0.252. The molecule has 0 aliphatic carbocycles. The Bertz CT molecular complexity index is 536. The van der Waals surface area contributed by atoms with Crippen LogP contribution in [0, 0.1) is 13.8 Å². The van der Waals surface area contributed by atoms with Crippen LogP contribution in [0.2, 0.25) is 5.02 Å². The Morgan fingerprint density at radius 2 is 2.17 bits per heavy atom. The van der Waals surface area contributed by atoms with Gasteiger partial charge >= 0.3 is 6.01 Å². The first-order chi connectivity index (χ1) is 8.60. The molecule has 0 spiro atoms. The van der Waals surface area contributed by atoms with Crippen LogP contribution in [0.3, 0.4) is 0 Å². The van der Waals surface area contributed by atoms with Gasteiger partial charge in [-0.15, -0.1) is 0 Å². The smallest absolute Gasteiger partial charge is 0.318 e. The molecule has 0 atom stereocenters. The molecule has 0 aromatic carbocycles. The van der Waals surface area contributed by atoms with Gasteiger partial charge in [0, 0.05) is 0 Å². The minimum Gasteiger partial charge on any atom is -0.467 e. The third-order valence-corrected chi connectivity index (χ3v) is 2.66. The summed E-state index contributed by atoms with van der Waals surface area (Å²) in [7, 11) is 1.49. The molecule has 0 saturated carbocycles. The number of nitrogens with one attached hydrogen (secondary N) is 1. The van der Waals surface area contributed by atoms with Crippen molar-refractivity contribution in [3.05, 3.63) is 28.6 Å². The predicted molar refractivity (Wildman–Crippen MR) is 66.9 cm³/mol. The molecule has 0 bridgehead atoms. The molecule has 0 saturated heterocycles. The molecule has 0 amide bonds. The van der Waals surface area contributed by atoms with Gasteiger partial charge in [0.15, 0.2) is 5.82 Å². The van der Waals surface area contributed by atoms with E-state index in [4.69, 9.17) is 20.8 Å². The van der Waals surface area contributed by atoms with Crippen molar-refractivity contribution < 1.29 is 9.15 Å². The van der Waals surface area contributed by atoms with Gasteiger partial charge in [-0.3, -0.25) is 0 Å². The maximum absolute atomic E-state index is 5.96. The zero-order chi connectivity index (χ0) is 13.1. The summed E-state index contributed by atoms with van der Waals surface area (Å²) in [4.78, 5) is 12.2. The Morgan fingerprint density at radius 3 is 2.78 bits per heavy atom. The standard InChI is InChI=1S/C11H13ClN4O2/c1-6-7(2)18-9(15-6)5-13-10-8(12)4-14-11(16-10)17-3/h4H,5H2,1-3H3,(H,13,14,16). The SMILES string of the molecule is COc1ncc(Cl)c(NCc2nc(C)c(C)o2)n1. The summed E-state index contributed by atoms with van der Waals surface area (Å²) in [5, 5.41) is 3.44. The fourth-order valence-electron chi connectivity index (χ4n) is 1.35. The van der Waals surface area contributed by atoms with Gasteiger partial charge in [-0.25, -0.2) is 9.97 Å². The zero-order valence-corrected chi connectivity index (χ0v) is 11.1. The van der Waals surface area contributed by atoms with Crippen LogP contribution in [-0.2, 0) is 6.54 Å². The number of halogens is 1. The maximum Gasteiger partial charge on any atom is 0.318 e. The van der Waals surface area contributed by atoms with Crippen molar-refractivity contribution in [2.45, 2.75) is 20.4 Å². The molecule has 0 radical (unpaired) electrons. The van der Waals surface area contributed by atoms with Gasteiger partial charge in [-0.2, -0.15) is 4.98 Å². The van der Waals surface area contributed by atoms with Crippen molar-refractivity contribution in [1.29, 1.82) is 0 Å². The summed E-state index contributed by atoms with van der Waals surface area (Å²) in [6, 6.07) is 0.252. The van der Waals surface area contributed by atoms with Gasteiger partial charge in [-0.1, -0.05) is 11.6 Å². The molecule has 18 heavy (non-hydrogen) atoms. The summed E-state index contributed by atoms with van der Waals surface area (Å²) < 4.78 is 10.4. The van der Waals surface area contributed by atoms with E-state index in [1.165, 1.54) is 13.3 Å². The highest BCUT2D eigenvalue weighted by Crippen LogP contribution is 2.21. The third kappa shape index (κ3) is 2.70. The number of hydrogen-bond acceptors (Lipinski definition) is 6. The maximum atomic E-state index is 5.96. The van der Waals surface area contributed by atoms with E-state index in [-0.39, 0.29) is 6.01 Å². The molecule has 0 unspecified atom stereocenters. The predicted octanol–water partition coefficient (Wildman–Crippen LogP) is 2.36. The van der Waals surface area contributed by atoms with E-state index >= 15 is 0 Å². The number of hydrogen-bond donors (Lipinski definition) is 1.